The molecule has 0 saturated carbocycles. The van der Waals surface area contributed by atoms with Gasteiger partial charge in [-0.1, -0.05) is 0 Å². The number of carbonyl (C=O) groups excluding carboxylic acids is 1. The number of nitrogens with one attached hydrogen (secondary N) is 1. The molecule has 0 aromatic heterocycles. The zero-order valence-corrected chi connectivity index (χ0v) is 10.7. The van der Waals surface area contributed by atoms with E-state index in [9.17, 15) is 14.9 Å². The molecule has 1 aromatic carbocycles. The minimum atomic E-state index is -0.486. The van der Waals surface area contributed by atoms with Crippen LogP contribution in [0.15, 0.2) is 22.7 Å². The van der Waals surface area contributed by atoms with Gasteiger partial charge in [0, 0.05) is 22.3 Å². The number of nitrogens with zero attached hydrogens (tertiary/aromatic N) is 1. The Morgan fingerprint density at radius 3 is 2.82 bits per heavy atom. The van der Waals surface area contributed by atoms with Crippen LogP contribution in [0.3, 0.4) is 0 Å². The minimum absolute atomic E-state index is 0.0152. The summed E-state index contributed by atoms with van der Waals surface area (Å²) in [5, 5.41) is 13.3. The molecule has 0 aliphatic carbocycles. The van der Waals surface area contributed by atoms with Gasteiger partial charge in [0.05, 0.1) is 11.5 Å². The summed E-state index contributed by atoms with van der Waals surface area (Å²) in [6.07, 6.45) is 0. The number of rotatable bonds is 5. The third-order valence-corrected chi connectivity index (χ3v) is 2.55. The molecule has 1 N–H and O–H groups in total. The number of hydrogen-bond donors (Lipinski definition) is 1. The van der Waals surface area contributed by atoms with E-state index in [-0.39, 0.29) is 18.2 Å². The van der Waals surface area contributed by atoms with Crippen molar-refractivity contribution in [2.24, 2.45) is 0 Å². The molecule has 0 heterocycles. The summed E-state index contributed by atoms with van der Waals surface area (Å²) in [7, 11) is 0. The van der Waals surface area contributed by atoms with E-state index in [0.717, 1.165) is 0 Å². The molecule has 1 rings (SSSR count). The fourth-order valence-electron chi connectivity index (χ4n) is 1.14. The number of nitro benzene ring substituents is 1. The van der Waals surface area contributed by atoms with Gasteiger partial charge in [-0.2, -0.15) is 0 Å². The maximum Gasteiger partial charge on any atom is 0.325 e. The van der Waals surface area contributed by atoms with Gasteiger partial charge >= 0.3 is 5.97 Å². The fourth-order valence-corrected chi connectivity index (χ4v) is 1.65. The predicted octanol–water partition coefficient (Wildman–Crippen LogP) is 2.33. The van der Waals surface area contributed by atoms with Gasteiger partial charge in [0.25, 0.3) is 5.69 Å². The van der Waals surface area contributed by atoms with Crippen LogP contribution in [0.4, 0.5) is 11.4 Å². The Labute approximate surface area is 106 Å². The van der Waals surface area contributed by atoms with Crippen LogP contribution in [0.1, 0.15) is 6.92 Å². The van der Waals surface area contributed by atoms with E-state index in [1.54, 1.807) is 6.92 Å². The Morgan fingerprint density at radius 2 is 2.29 bits per heavy atom. The Hall–Kier alpha value is -1.63. The zero-order chi connectivity index (χ0) is 12.8. The monoisotopic (exact) mass is 302 g/mol. The molecular formula is C10H11BrN2O4. The van der Waals surface area contributed by atoms with Crippen LogP contribution >= 0.6 is 15.9 Å². The first kappa shape index (κ1) is 13.4. The number of non-ortho nitro benzene ring substituents is 1. The van der Waals surface area contributed by atoms with Crippen molar-refractivity contribution in [3.8, 4) is 0 Å². The average Bonchev–Trinajstić information content (AvgIpc) is 2.27. The topological polar surface area (TPSA) is 81.5 Å². The van der Waals surface area contributed by atoms with Gasteiger partial charge in [-0.3, -0.25) is 14.9 Å². The van der Waals surface area contributed by atoms with E-state index >= 15 is 0 Å². The Kier molecular flexibility index (Phi) is 4.89. The SMILES string of the molecule is CCOC(=O)CNc1ccc([N+](=O)[O-])cc1Br. The molecule has 6 nitrogen and oxygen atoms in total. The van der Waals surface area contributed by atoms with E-state index in [2.05, 4.69) is 21.2 Å². The largest absolute Gasteiger partial charge is 0.465 e. The number of hydrogen-bond acceptors (Lipinski definition) is 5. The Bertz CT molecular complexity index is 436. The van der Waals surface area contributed by atoms with Crippen LogP contribution in [0, 0.1) is 10.1 Å². The second kappa shape index (κ2) is 6.19. The van der Waals surface area contributed by atoms with Crippen LogP contribution in [0.25, 0.3) is 0 Å². The van der Waals surface area contributed by atoms with E-state index in [0.29, 0.717) is 16.8 Å². The molecule has 1 aromatic rings. The summed E-state index contributed by atoms with van der Waals surface area (Å²) in [6.45, 7) is 2.06. The Morgan fingerprint density at radius 1 is 1.59 bits per heavy atom. The van der Waals surface area contributed by atoms with Crippen molar-refractivity contribution in [3.05, 3.63) is 32.8 Å². The maximum absolute atomic E-state index is 11.1. The molecule has 0 saturated heterocycles. The normalized spacial score (nSPS) is 9.76. The number of carbonyl (C=O) groups is 1. The number of halogens is 1. The van der Waals surface area contributed by atoms with Gasteiger partial charge in [-0.05, 0) is 28.9 Å². The third kappa shape index (κ3) is 4.03. The molecule has 0 radical (unpaired) electrons. The summed E-state index contributed by atoms with van der Waals surface area (Å²) in [4.78, 5) is 21.1. The standard InChI is InChI=1S/C10H11BrN2O4/c1-2-17-10(14)6-12-9-4-3-7(13(15)16)5-8(9)11/h3-5,12H,2,6H2,1H3. The third-order valence-electron chi connectivity index (χ3n) is 1.89. The van der Waals surface area contributed by atoms with Gasteiger partial charge in [-0.15, -0.1) is 0 Å². The summed E-state index contributed by atoms with van der Waals surface area (Å²) in [5.41, 5.74) is 0.585. The van der Waals surface area contributed by atoms with Gasteiger partial charge in [0.1, 0.15) is 6.54 Å². The number of ether oxygens (including phenoxy) is 1. The Balaban J connectivity index is 2.66. The molecule has 0 aliphatic heterocycles. The highest BCUT2D eigenvalue weighted by atomic mass is 79.9. The van der Waals surface area contributed by atoms with Crippen LogP contribution in [-0.4, -0.2) is 24.0 Å². The lowest BCUT2D eigenvalue weighted by Crippen LogP contribution is -2.16. The highest BCUT2D eigenvalue weighted by molar-refractivity contribution is 9.10. The smallest absolute Gasteiger partial charge is 0.325 e. The second-order valence-electron chi connectivity index (χ2n) is 3.08. The summed E-state index contributed by atoms with van der Waals surface area (Å²) < 4.78 is 5.26. The molecule has 0 spiro atoms. The van der Waals surface area contributed by atoms with Gasteiger partial charge < -0.3 is 10.1 Å². The zero-order valence-electron chi connectivity index (χ0n) is 9.10. The number of nitro groups is 1. The van der Waals surface area contributed by atoms with Crippen molar-refractivity contribution < 1.29 is 14.5 Å². The molecule has 0 fully saturated rings. The molecule has 0 atom stereocenters. The van der Waals surface area contributed by atoms with Crippen molar-refractivity contribution >= 4 is 33.3 Å². The van der Waals surface area contributed by atoms with Gasteiger partial charge in [0.2, 0.25) is 0 Å². The van der Waals surface area contributed by atoms with Crippen molar-refractivity contribution in [3.63, 3.8) is 0 Å². The molecule has 17 heavy (non-hydrogen) atoms. The van der Waals surface area contributed by atoms with E-state index in [1.807, 2.05) is 0 Å². The molecule has 7 heteroatoms. The highest BCUT2D eigenvalue weighted by Crippen LogP contribution is 2.26. The summed E-state index contributed by atoms with van der Waals surface area (Å²) in [6, 6.07) is 4.26. The minimum Gasteiger partial charge on any atom is -0.465 e. The molecular weight excluding hydrogens is 292 g/mol. The average molecular weight is 303 g/mol. The van der Waals surface area contributed by atoms with Crippen LogP contribution in [-0.2, 0) is 9.53 Å². The van der Waals surface area contributed by atoms with E-state index in [4.69, 9.17) is 4.74 Å². The van der Waals surface area contributed by atoms with Crippen LogP contribution in [0.5, 0.6) is 0 Å². The molecule has 92 valence electrons. The maximum atomic E-state index is 11.1. The quantitative estimate of drug-likeness (QED) is 0.513. The fraction of sp³-hybridized carbons (Fsp3) is 0.300. The molecule has 0 bridgehead atoms. The number of esters is 1. The molecule has 0 amide bonds. The van der Waals surface area contributed by atoms with Crippen molar-refractivity contribution in [2.75, 3.05) is 18.5 Å². The summed E-state index contributed by atoms with van der Waals surface area (Å²) in [5.74, 6) is -0.377. The lowest BCUT2D eigenvalue weighted by molar-refractivity contribution is -0.384. The first-order chi connectivity index (χ1) is 8.04. The van der Waals surface area contributed by atoms with Crippen molar-refractivity contribution in [1.29, 1.82) is 0 Å². The van der Waals surface area contributed by atoms with Gasteiger partial charge in [0.15, 0.2) is 0 Å². The van der Waals surface area contributed by atoms with Crippen molar-refractivity contribution in [2.45, 2.75) is 6.92 Å². The van der Waals surface area contributed by atoms with Gasteiger partial charge in [-0.25, -0.2) is 0 Å². The highest BCUT2D eigenvalue weighted by Gasteiger charge is 2.09. The van der Waals surface area contributed by atoms with Crippen LogP contribution < -0.4 is 5.32 Å². The molecule has 0 unspecified atom stereocenters. The van der Waals surface area contributed by atoms with E-state index < -0.39 is 4.92 Å². The first-order valence-electron chi connectivity index (χ1n) is 4.88. The first-order valence-corrected chi connectivity index (χ1v) is 5.67. The van der Waals surface area contributed by atoms with E-state index in [1.165, 1.54) is 18.2 Å². The lowest BCUT2D eigenvalue weighted by atomic mass is 10.3. The van der Waals surface area contributed by atoms with Crippen LogP contribution in [0.2, 0.25) is 0 Å². The predicted molar refractivity (Wildman–Crippen MR) is 65.9 cm³/mol. The van der Waals surface area contributed by atoms with Crippen molar-refractivity contribution in [1.82, 2.24) is 0 Å². The number of benzene rings is 1. The second-order valence-corrected chi connectivity index (χ2v) is 3.93. The molecule has 0 aliphatic rings. The summed E-state index contributed by atoms with van der Waals surface area (Å²) >= 11 is 3.19. The lowest BCUT2D eigenvalue weighted by Gasteiger charge is -2.07. The number of anilines is 1.